The van der Waals surface area contributed by atoms with Crippen LogP contribution in [0.2, 0.25) is 5.28 Å². The number of thioether (sulfide) groups is 1. The summed E-state index contributed by atoms with van der Waals surface area (Å²) in [6.07, 6.45) is 1.64. The van der Waals surface area contributed by atoms with Crippen molar-refractivity contribution in [2.45, 2.75) is 30.6 Å². The fraction of sp³-hybridized carbons (Fsp3) is 0.312. The molecule has 0 fully saturated rings. The van der Waals surface area contributed by atoms with Gasteiger partial charge in [-0.1, -0.05) is 37.3 Å². The van der Waals surface area contributed by atoms with Gasteiger partial charge in [-0.25, -0.2) is 4.98 Å². The van der Waals surface area contributed by atoms with Crippen molar-refractivity contribution in [3.8, 4) is 11.9 Å². The molecule has 0 aliphatic carbocycles. The third-order valence-corrected chi connectivity index (χ3v) is 4.63. The molecule has 4 nitrogen and oxygen atoms in total. The van der Waals surface area contributed by atoms with E-state index in [0.29, 0.717) is 12.5 Å². The summed E-state index contributed by atoms with van der Waals surface area (Å²) in [5, 5.41) is 9.25. The molecule has 0 amide bonds. The van der Waals surface area contributed by atoms with Crippen molar-refractivity contribution in [3.05, 3.63) is 47.4 Å². The zero-order valence-electron chi connectivity index (χ0n) is 12.4. The van der Waals surface area contributed by atoms with E-state index in [0.717, 1.165) is 10.5 Å². The number of hydrogen-bond donors (Lipinski definition) is 0. The second kappa shape index (κ2) is 8.02. The van der Waals surface area contributed by atoms with Crippen LogP contribution in [-0.2, 0) is 6.61 Å². The van der Waals surface area contributed by atoms with Crippen LogP contribution in [0.4, 0.5) is 0 Å². The minimum Gasteiger partial charge on any atom is -0.472 e. The van der Waals surface area contributed by atoms with Gasteiger partial charge in [0, 0.05) is 11.4 Å². The third kappa shape index (κ3) is 4.62. The van der Waals surface area contributed by atoms with Gasteiger partial charge in [0.2, 0.25) is 11.2 Å². The molecular weight excluding hydrogens is 318 g/mol. The largest absolute Gasteiger partial charge is 0.472 e. The van der Waals surface area contributed by atoms with Gasteiger partial charge in [0.15, 0.2) is 0 Å². The number of halogens is 1. The highest BCUT2D eigenvalue weighted by Gasteiger charge is 2.17. The zero-order valence-corrected chi connectivity index (χ0v) is 13.9. The number of nitrogens with zero attached hydrogens (tertiary/aromatic N) is 3. The minimum absolute atomic E-state index is 0.0809. The molecule has 0 aliphatic rings. The van der Waals surface area contributed by atoms with Crippen LogP contribution >= 0.6 is 23.4 Å². The minimum atomic E-state index is -0.0809. The summed E-state index contributed by atoms with van der Waals surface area (Å²) in [7, 11) is 0. The molecule has 0 radical (unpaired) electrons. The first-order chi connectivity index (χ1) is 10.6. The van der Waals surface area contributed by atoms with Crippen molar-refractivity contribution < 1.29 is 4.74 Å². The summed E-state index contributed by atoms with van der Waals surface area (Å²) in [4.78, 5) is 8.95. The quantitative estimate of drug-likeness (QED) is 0.581. The number of hydrogen-bond acceptors (Lipinski definition) is 5. The first kappa shape index (κ1) is 16.6. The molecule has 1 heterocycles. The molecule has 0 N–H and O–H groups in total. The molecule has 2 rings (SSSR count). The highest BCUT2D eigenvalue weighted by atomic mass is 35.5. The fourth-order valence-electron chi connectivity index (χ4n) is 1.65. The van der Waals surface area contributed by atoms with E-state index in [2.05, 4.69) is 16.0 Å². The molecule has 0 spiro atoms. The van der Waals surface area contributed by atoms with Crippen molar-refractivity contribution in [2.75, 3.05) is 0 Å². The summed E-state index contributed by atoms with van der Waals surface area (Å²) in [6, 6.07) is 12.1. The SMILES string of the molecule is CC(C#N)[C@H](C)Sc1cnc(Cl)nc1OCc1ccccc1. The van der Waals surface area contributed by atoms with Gasteiger partial charge in [0.25, 0.3) is 0 Å². The van der Waals surface area contributed by atoms with E-state index >= 15 is 0 Å². The van der Waals surface area contributed by atoms with Gasteiger partial charge in [0.1, 0.15) is 6.61 Å². The molecule has 0 aliphatic heterocycles. The van der Waals surface area contributed by atoms with Crippen LogP contribution in [0.5, 0.6) is 5.88 Å². The maximum absolute atomic E-state index is 9.00. The lowest BCUT2D eigenvalue weighted by Crippen LogP contribution is -2.08. The molecule has 6 heteroatoms. The Morgan fingerprint density at radius 2 is 2.05 bits per heavy atom. The van der Waals surface area contributed by atoms with E-state index in [-0.39, 0.29) is 16.5 Å². The Bertz CT molecular complexity index is 660. The van der Waals surface area contributed by atoms with Gasteiger partial charge in [-0.3, -0.25) is 0 Å². The number of ether oxygens (including phenoxy) is 1. The molecule has 1 aromatic heterocycles. The third-order valence-electron chi connectivity index (χ3n) is 3.13. The number of benzene rings is 1. The molecule has 22 heavy (non-hydrogen) atoms. The van der Waals surface area contributed by atoms with E-state index in [4.69, 9.17) is 21.6 Å². The van der Waals surface area contributed by atoms with Gasteiger partial charge in [-0.05, 0) is 24.1 Å². The van der Waals surface area contributed by atoms with Crippen LogP contribution in [0, 0.1) is 17.2 Å². The Morgan fingerprint density at radius 1 is 1.32 bits per heavy atom. The van der Waals surface area contributed by atoms with Crippen LogP contribution in [0.15, 0.2) is 41.4 Å². The Kier molecular flexibility index (Phi) is 6.05. The Balaban J connectivity index is 2.12. The predicted molar refractivity (Wildman–Crippen MR) is 87.9 cm³/mol. The van der Waals surface area contributed by atoms with E-state index in [1.807, 2.05) is 44.2 Å². The number of nitriles is 1. The first-order valence-electron chi connectivity index (χ1n) is 6.85. The average Bonchev–Trinajstić information content (AvgIpc) is 2.55. The first-order valence-corrected chi connectivity index (χ1v) is 8.11. The van der Waals surface area contributed by atoms with E-state index < -0.39 is 0 Å². The van der Waals surface area contributed by atoms with Crippen molar-refractivity contribution >= 4 is 23.4 Å². The van der Waals surface area contributed by atoms with Crippen molar-refractivity contribution in [1.29, 1.82) is 5.26 Å². The van der Waals surface area contributed by atoms with Crippen molar-refractivity contribution in [1.82, 2.24) is 9.97 Å². The van der Waals surface area contributed by atoms with Gasteiger partial charge < -0.3 is 4.74 Å². The lowest BCUT2D eigenvalue weighted by Gasteiger charge is -2.15. The molecule has 0 saturated heterocycles. The van der Waals surface area contributed by atoms with Crippen molar-refractivity contribution in [3.63, 3.8) is 0 Å². The van der Waals surface area contributed by atoms with Crippen LogP contribution in [0.3, 0.4) is 0 Å². The monoisotopic (exact) mass is 333 g/mol. The van der Waals surface area contributed by atoms with Crippen LogP contribution in [0.1, 0.15) is 19.4 Å². The second-order valence-electron chi connectivity index (χ2n) is 4.82. The Labute approximate surface area is 139 Å². The number of aromatic nitrogens is 2. The van der Waals surface area contributed by atoms with E-state index in [1.165, 1.54) is 11.8 Å². The van der Waals surface area contributed by atoms with E-state index in [1.54, 1.807) is 6.20 Å². The maximum atomic E-state index is 9.00. The Morgan fingerprint density at radius 3 is 2.73 bits per heavy atom. The summed E-state index contributed by atoms with van der Waals surface area (Å²) in [5.74, 6) is 0.369. The second-order valence-corrected chi connectivity index (χ2v) is 6.58. The number of rotatable bonds is 6. The predicted octanol–water partition coefficient (Wildman–Crippen LogP) is 4.35. The van der Waals surface area contributed by atoms with Crippen LogP contribution in [0.25, 0.3) is 0 Å². The summed E-state index contributed by atoms with van der Waals surface area (Å²) in [6.45, 7) is 4.29. The van der Waals surface area contributed by atoms with Gasteiger partial charge in [-0.15, -0.1) is 11.8 Å². The van der Waals surface area contributed by atoms with Gasteiger partial charge in [0.05, 0.1) is 16.9 Å². The maximum Gasteiger partial charge on any atom is 0.232 e. The van der Waals surface area contributed by atoms with Crippen LogP contribution < -0.4 is 4.74 Å². The molecule has 1 unspecified atom stereocenters. The normalized spacial score (nSPS) is 13.2. The van der Waals surface area contributed by atoms with Gasteiger partial charge >= 0.3 is 0 Å². The molecule has 2 atom stereocenters. The lowest BCUT2D eigenvalue weighted by atomic mass is 10.1. The molecule has 114 valence electrons. The van der Waals surface area contributed by atoms with Crippen molar-refractivity contribution in [2.24, 2.45) is 5.92 Å². The molecule has 0 saturated carbocycles. The summed E-state index contributed by atoms with van der Waals surface area (Å²) >= 11 is 7.38. The lowest BCUT2D eigenvalue weighted by molar-refractivity contribution is 0.285. The molecule has 2 aromatic rings. The fourth-order valence-corrected chi connectivity index (χ4v) is 2.76. The average molecular weight is 334 g/mol. The molecule has 0 bridgehead atoms. The van der Waals surface area contributed by atoms with Crippen LogP contribution in [-0.4, -0.2) is 15.2 Å². The van der Waals surface area contributed by atoms with Gasteiger partial charge in [-0.2, -0.15) is 10.2 Å². The standard InChI is InChI=1S/C16H16ClN3OS/c1-11(8-18)12(2)22-14-9-19-16(17)20-15(14)21-10-13-6-4-3-5-7-13/h3-7,9,11-12H,10H2,1-2H3/t11?,12-/m0/s1. The Hall–Kier alpha value is -1.77. The zero-order chi connectivity index (χ0) is 15.9. The highest BCUT2D eigenvalue weighted by Crippen LogP contribution is 2.34. The molecular formula is C16H16ClN3OS. The topological polar surface area (TPSA) is 58.8 Å². The summed E-state index contributed by atoms with van der Waals surface area (Å²) in [5.41, 5.74) is 1.05. The highest BCUT2D eigenvalue weighted by molar-refractivity contribution is 8.00. The summed E-state index contributed by atoms with van der Waals surface area (Å²) < 4.78 is 5.78. The smallest absolute Gasteiger partial charge is 0.232 e. The molecule has 1 aromatic carbocycles. The van der Waals surface area contributed by atoms with E-state index in [9.17, 15) is 0 Å².